The van der Waals surface area contributed by atoms with E-state index >= 15 is 0 Å². The van der Waals surface area contributed by atoms with E-state index in [1.165, 1.54) is 0 Å². The number of sulfone groups is 1. The van der Waals surface area contributed by atoms with Crippen LogP contribution in [0.3, 0.4) is 0 Å². The van der Waals surface area contributed by atoms with Gasteiger partial charge in [-0.2, -0.15) is 0 Å². The zero-order chi connectivity index (χ0) is 14.0. The number of benzene rings is 1. The first-order chi connectivity index (χ1) is 8.87. The lowest BCUT2D eigenvalue weighted by Crippen LogP contribution is -2.31. The van der Waals surface area contributed by atoms with Gasteiger partial charge in [-0.15, -0.1) is 0 Å². The fourth-order valence-electron chi connectivity index (χ4n) is 1.98. The van der Waals surface area contributed by atoms with Gasteiger partial charge < -0.3 is 5.32 Å². The molecular weight excluding hydrogens is 309 g/mol. The van der Waals surface area contributed by atoms with Crippen molar-refractivity contribution in [1.29, 1.82) is 0 Å². The molecule has 0 radical (unpaired) electrons. The van der Waals surface area contributed by atoms with Crippen molar-refractivity contribution in [2.45, 2.75) is 12.8 Å². The van der Waals surface area contributed by atoms with Crippen LogP contribution in [0, 0.1) is 5.92 Å². The Morgan fingerprint density at radius 3 is 2.47 bits per heavy atom. The Bertz CT molecular complexity index is 587. The molecular formula is C12H13Cl2NO3S. The molecule has 1 N–H and O–H groups in total. The molecule has 1 amide bonds. The van der Waals surface area contributed by atoms with E-state index in [0.29, 0.717) is 28.6 Å². The summed E-state index contributed by atoms with van der Waals surface area (Å²) in [5, 5.41) is 3.58. The van der Waals surface area contributed by atoms with Crippen molar-refractivity contribution in [3.05, 3.63) is 28.2 Å². The van der Waals surface area contributed by atoms with Gasteiger partial charge in [0.1, 0.15) is 9.84 Å². The molecule has 1 heterocycles. The van der Waals surface area contributed by atoms with E-state index in [-0.39, 0.29) is 23.3 Å². The Morgan fingerprint density at radius 1 is 1.21 bits per heavy atom. The lowest BCUT2D eigenvalue weighted by Gasteiger charge is -2.21. The second-order valence-electron chi connectivity index (χ2n) is 4.54. The highest BCUT2D eigenvalue weighted by Crippen LogP contribution is 2.27. The number of rotatable bonds is 2. The van der Waals surface area contributed by atoms with Gasteiger partial charge in [0.25, 0.3) is 0 Å². The summed E-state index contributed by atoms with van der Waals surface area (Å²) in [5.74, 6) is -0.374. The second kappa shape index (κ2) is 5.69. The second-order valence-corrected chi connectivity index (χ2v) is 7.69. The number of anilines is 1. The summed E-state index contributed by atoms with van der Waals surface area (Å²) >= 11 is 11.8. The molecule has 0 aliphatic carbocycles. The molecule has 1 aromatic carbocycles. The number of carbonyl (C=O) groups is 1. The third kappa shape index (κ3) is 3.84. The van der Waals surface area contributed by atoms with Crippen LogP contribution in [0.1, 0.15) is 12.8 Å². The molecule has 0 atom stereocenters. The minimum atomic E-state index is -2.96. The van der Waals surface area contributed by atoms with Crippen molar-refractivity contribution in [2.75, 3.05) is 16.8 Å². The predicted octanol–water partition coefficient (Wildman–Crippen LogP) is 2.76. The maximum absolute atomic E-state index is 12.0. The van der Waals surface area contributed by atoms with Gasteiger partial charge in [-0.3, -0.25) is 4.79 Å². The van der Waals surface area contributed by atoms with Gasteiger partial charge in [-0.05, 0) is 31.0 Å². The minimum absolute atomic E-state index is 0.0639. The highest BCUT2D eigenvalue weighted by atomic mass is 35.5. The smallest absolute Gasteiger partial charge is 0.227 e. The number of carbonyl (C=O) groups excluding carboxylic acids is 1. The Balaban J connectivity index is 2.04. The molecule has 1 aliphatic rings. The first-order valence-corrected chi connectivity index (χ1v) is 8.41. The van der Waals surface area contributed by atoms with Crippen molar-refractivity contribution < 1.29 is 13.2 Å². The molecule has 0 aromatic heterocycles. The molecule has 0 bridgehead atoms. The number of halogens is 2. The topological polar surface area (TPSA) is 63.2 Å². The molecule has 1 fully saturated rings. The predicted molar refractivity (Wildman–Crippen MR) is 76.5 cm³/mol. The summed E-state index contributed by atoms with van der Waals surface area (Å²) in [6.45, 7) is 0. The van der Waals surface area contributed by atoms with Crippen LogP contribution in [0.15, 0.2) is 18.2 Å². The van der Waals surface area contributed by atoms with E-state index in [1.807, 2.05) is 0 Å². The van der Waals surface area contributed by atoms with E-state index in [2.05, 4.69) is 5.32 Å². The van der Waals surface area contributed by atoms with E-state index in [0.717, 1.165) is 0 Å². The van der Waals surface area contributed by atoms with Crippen LogP contribution in [0.5, 0.6) is 0 Å². The fraction of sp³-hybridized carbons (Fsp3) is 0.417. The van der Waals surface area contributed by atoms with Gasteiger partial charge in [0.15, 0.2) is 0 Å². The van der Waals surface area contributed by atoms with Gasteiger partial charge in [0, 0.05) is 10.9 Å². The number of nitrogens with one attached hydrogen (secondary N) is 1. The van der Waals surface area contributed by atoms with E-state index in [4.69, 9.17) is 23.2 Å². The molecule has 0 spiro atoms. The molecule has 2 rings (SSSR count). The van der Waals surface area contributed by atoms with Crippen LogP contribution in [0.2, 0.25) is 10.0 Å². The van der Waals surface area contributed by atoms with Gasteiger partial charge in [-0.25, -0.2) is 8.42 Å². The van der Waals surface area contributed by atoms with Gasteiger partial charge in [0.05, 0.1) is 22.2 Å². The Hall–Kier alpha value is -0.780. The summed E-state index contributed by atoms with van der Waals surface area (Å²) in [6.07, 6.45) is 0.707. The Kier molecular flexibility index (Phi) is 4.38. The van der Waals surface area contributed by atoms with Gasteiger partial charge >= 0.3 is 0 Å². The van der Waals surface area contributed by atoms with Crippen molar-refractivity contribution in [2.24, 2.45) is 5.92 Å². The zero-order valence-corrected chi connectivity index (χ0v) is 12.4. The number of amides is 1. The van der Waals surface area contributed by atoms with E-state index < -0.39 is 9.84 Å². The molecule has 7 heteroatoms. The van der Waals surface area contributed by atoms with E-state index in [1.54, 1.807) is 18.2 Å². The first kappa shape index (κ1) is 14.6. The highest BCUT2D eigenvalue weighted by Gasteiger charge is 2.28. The fourth-order valence-corrected chi connectivity index (χ4v) is 3.81. The maximum Gasteiger partial charge on any atom is 0.227 e. The quantitative estimate of drug-likeness (QED) is 0.911. The molecule has 4 nitrogen and oxygen atoms in total. The summed E-state index contributed by atoms with van der Waals surface area (Å²) in [4.78, 5) is 12.0. The van der Waals surface area contributed by atoms with Gasteiger partial charge in [0.2, 0.25) is 5.91 Å². The van der Waals surface area contributed by atoms with Crippen molar-refractivity contribution in [1.82, 2.24) is 0 Å². The molecule has 0 unspecified atom stereocenters. The largest absolute Gasteiger partial charge is 0.324 e. The lowest BCUT2D eigenvalue weighted by atomic mass is 10.0. The average molecular weight is 322 g/mol. The maximum atomic E-state index is 12.0. The Labute approximate surface area is 122 Å². The summed E-state index contributed by atoms with van der Waals surface area (Å²) in [5.41, 5.74) is 0.451. The lowest BCUT2D eigenvalue weighted by molar-refractivity contribution is -0.120. The minimum Gasteiger partial charge on any atom is -0.324 e. The van der Waals surface area contributed by atoms with Crippen LogP contribution in [-0.4, -0.2) is 25.8 Å². The van der Waals surface area contributed by atoms with E-state index in [9.17, 15) is 13.2 Å². The third-order valence-electron chi connectivity index (χ3n) is 3.11. The normalized spacial score (nSPS) is 19.1. The monoisotopic (exact) mass is 321 g/mol. The molecule has 1 saturated heterocycles. The summed E-state index contributed by atoms with van der Waals surface area (Å²) in [6, 6.07) is 4.80. The molecule has 1 aliphatic heterocycles. The van der Waals surface area contributed by atoms with Crippen LogP contribution in [-0.2, 0) is 14.6 Å². The Morgan fingerprint density at radius 2 is 1.84 bits per heavy atom. The summed E-state index contributed by atoms with van der Waals surface area (Å²) in [7, 11) is -2.96. The van der Waals surface area contributed by atoms with Crippen molar-refractivity contribution in [3.63, 3.8) is 0 Å². The highest BCUT2D eigenvalue weighted by molar-refractivity contribution is 7.91. The van der Waals surface area contributed by atoms with Crippen LogP contribution in [0.4, 0.5) is 5.69 Å². The molecule has 0 saturated carbocycles. The number of hydrogen-bond donors (Lipinski definition) is 1. The number of hydrogen-bond acceptors (Lipinski definition) is 3. The third-order valence-corrected chi connectivity index (χ3v) is 5.39. The zero-order valence-electron chi connectivity index (χ0n) is 10.0. The van der Waals surface area contributed by atoms with Crippen LogP contribution < -0.4 is 5.32 Å². The van der Waals surface area contributed by atoms with Crippen molar-refractivity contribution >= 4 is 44.6 Å². The molecule has 19 heavy (non-hydrogen) atoms. The SMILES string of the molecule is O=C(Nc1cc(Cl)ccc1Cl)C1CCS(=O)(=O)CC1. The van der Waals surface area contributed by atoms with Crippen LogP contribution in [0.25, 0.3) is 0 Å². The standard InChI is InChI=1S/C12H13Cl2NO3S/c13-9-1-2-10(14)11(7-9)15-12(16)8-3-5-19(17,18)6-4-8/h1-2,7-8H,3-6H2,(H,15,16). The van der Waals surface area contributed by atoms with Crippen LogP contribution >= 0.6 is 23.2 Å². The van der Waals surface area contributed by atoms with Crippen molar-refractivity contribution in [3.8, 4) is 0 Å². The van der Waals surface area contributed by atoms with Gasteiger partial charge in [-0.1, -0.05) is 23.2 Å². The molecule has 1 aromatic rings. The molecule has 104 valence electrons. The first-order valence-electron chi connectivity index (χ1n) is 5.84. The average Bonchev–Trinajstić information content (AvgIpc) is 2.33. The summed E-state index contributed by atoms with van der Waals surface area (Å²) < 4.78 is 22.6.